The van der Waals surface area contributed by atoms with Gasteiger partial charge in [-0.25, -0.2) is 14.8 Å². The summed E-state index contributed by atoms with van der Waals surface area (Å²) in [5, 5.41) is 7.71. The van der Waals surface area contributed by atoms with E-state index in [0.717, 1.165) is 24.5 Å². The van der Waals surface area contributed by atoms with Crippen LogP contribution in [0.25, 0.3) is 0 Å². The summed E-state index contributed by atoms with van der Waals surface area (Å²) in [5.41, 5.74) is 2.61. The number of aryl methyl sites for hydroxylation is 1. The number of nitrogens with zero attached hydrogens (tertiary/aromatic N) is 3. The minimum absolute atomic E-state index is 0.0665. The first-order valence-electron chi connectivity index (χ1n) is 7.32. The highest BCUT2D eigenvalue weighted by Gasteiger charge is 2.33. The SMILES string of the molecule is CCn1ccnc1[C@H]1OCC[C@@H]1NC(=O)NCc1cscn1. The molecule has 0 aromatic carbocycles. The van der Waals surface area contributed by atoms with Crippen LogP contribution < -0.4 is 10.6 Å². The molecule has 2 N–H and O–H groups in total. The molecule has 2 aromatic rings. The molecule has 0 saturated carbocycles. The summed E-state index contributed by atoms with van der Waals surface area (Å²) in [5.74, 6) is 0.866. The van der Waals surface area contributed by atoms with E-state index in [1.165, 1.54) is 11.3 Å². The van der Waals surface area contributed by atoms with E-state index < -0.39 is 0 Å². The Balaban J connectivity index is 1.58. The van der Waals surface area contributed by atoms with Crippen LogP contribution in [0.2, 0.25) is 0 Å². The molecule has 8 heteroatoms. The number of imidazole rings is 1. The van der Waals surface area contributed by atoms with Crippen LogP contribution in [0.3, 0.4) is 0 Å². The Hall–Kier alpha value is -1.93. The predicted molar refractivity (Wildman–Crippen MR) is 82.5 cm³/mol. The number of aromatic nitrogens is 3. The zero-order valence-electron chi connectivity index (χ0n) is 12.4. The summed E-state index contributed by atoms with van der Waals surface area (Å²) in [6.07, 6.45) is 4.28. The second kappa shape index (κ2) is 6.89. The molecule has 1 aliphatic heterocycles. The van der Waals surface area contributed by atoms with Gasteiger partial charge in [-0.1, -0.05) is 0 Å². The summed E-state index contributed by atoms with van der Waals surface area (Å²) >= 11 is 1.51. The second-order valence-electron chi connectivity index (χ2n) is 5.06. The molecule has 0 unspecified atom stereocenters. The first kappa shape index (κ1) is 15.0. The van der Waals surface area contributed by atoms with E-state index >= 15 is 0 Å². The third-order valence-electron chi connectivity index (χ3n) is 3.66. The molecule has 22 heavy (non-hydrogen) atoms. The number of nitrogens with one attached hydrogen (secondary N) is 2. The molecule has 7 nitrogen and oxygen atoms in total. The molecular formula is C14H19N5O2S. The normalized spacial score (nSPS) is 21.0. The van der Waals surface area contributed by atoms with Gasteiger partial charge >= 0.3 is 6.03 Å². The first-order valence-corrected chi connectivity index (χ1v) is 8.26. The molecule has 1 fully saturated rings. The first-order chi connectivity index (χ1) is 10.8. The van der Waals surface area contributed by atoms with Crippen LogP contribution in [0.4, 0.5) is 4.79 Å². The van der Waals surface area contributed by atoms with Crippen LogP contribution >= 0.6 is 11.3 Å². The van der Waals surface area contributed by atoms with Gasteiger partial charge < -0.3 is 19.9 Å². The quantitative estimate of drug-likeness (QED) is 0.878. The third-order valence-corrected chi connectivity index (χ3v) is 4.30. The number of hydrogen-bond acceptors (Lipinski definition) is 5. The van der Waals surface area contributed by atoms with E-state index in [0.29, 0.717) is 13.2 Å². The summed E-state index contributed by atoms with van der Waals surface area (Å²) in [6, 6.07) is -0.272. The van der Waals surface area contributed by atoms with Crippen molar-refractivity contribution in [3.8, 4) is 0 Å². The topological polar surface area (TPSA) is 81.1 Å². The van der Waals surface area contributed by atoms with Crippen LogP contribution in [0.15, 0.2) is 23.3 Å². The maximum absolute atomic E-state index is 12.0. The molecule has 2 aromatic heterocycles. The molecule has 2 amide bonds. The number of amides is 2. The Bertz CT molecular complexity index is 613. The molecule has 1 aliphatic rings. The zero-order chi connectivity index (χ0) is 15.4. The van der Waals surface area contributed by atoms with Crippen LogP contribution in [0, 0.1) is 0 Å². The lowest BCUT2D eigenvalue weighted by molar-refractivity contribution is 0.0901. The fraction of sp³-hybridized carbons (Fsp3) is 0.500. The van der Waals surface area contributed by atoms with Crippen molar-refractivity contribution in [2.45, 2.75) is 38.6 Å². The van der Waals surface area contributed by atoms with Crippen molar-refractivity contribution < 1.29 is 9.53 Å². The van der Waals surface area contributed by atoms with Crippen molar-refractivity contribution in [3.63, 3.8) is 0 Å². The van der Waals surface area contributed by atoms with E-state index in [9.17, 15) is 4.79 Å². The summed E-state index contributed by atoms with van der Waals surface area (Å²) in [6.45, 7) is 3.94. The van der Waals surface area contributed by atoms with Crippen molar-refractivity contribution in [2.24, 2.45) is 0 Å². The largest absolute Gasteiger partial charge is 0.368 e. The lowest BCUT2D eigenvalue weighted by Gasteiger charge is -2.20. The average Bonchev–Trinajstić information content (AvgIpc) is 3.25. The molecular weight excluding hydrogens is 302 g/mol. The number of rotatable bonds is 5. The minimum atomic E-state index is -0.205. The lowest BCUT2D eigenvalue weighted by Crippen LogP contribution is -2.43. The summed E-state index contributed by atoms with van der Waals surface area (Å²) in [4.78, 5) is 20.5. The average molecular weight is 321 g/mol. The Labute approximate surface area is 132 Å². The van der Waals surface area contributed by atoms with Crippen molar-refractivity contribution >= 4 is 17.4 Å². The predicted octanol–water partition coefficient (Wildman–Crippen LogP) is 1.69. The van der Waals surface area contributed by atoms with E-state index in [2.05, 4.69) is 27.5 Å². The minimum Gasteiger partial charge on any atom is -0.368 e. The van der Waals surface area contributed by atoms with Crippen LogP contribution in [-0.2, 0) is 17.8 Å². The van der Waals surface area contributed by atoms with Gasteiger partial charge in [0.2, 0.25) is 0 Å². The zero-order valence-corrected chi connectivity index (χ0v) is 13.2. The van der Waals surface area contributed by atoms with Crippen molar-refractivity contribution in [1.29, 1.82) is 0 Å². The van der Waals surface area contributed by atoms with Gasteiger partial charge in [0.25, 0.3) is 0 Å². The fourth-order valence-corrected chi connectivity index (χ4v) is 3.11. The van der Waals surface area contributed by atoms with Crippen molar-refractivity contribution in [1.82, 2.24) is 25.2 Å². The number of urea groups is 1. The summed E-state index contributed by atoms with van der Waals surface area (Å²) < 4.78 is 7.81. The molecule has 3 rings (SSSR count). The molecule has 1 saturated heterocycles. The van der Waals surface area contributed by atoms with E-state index in [-0.39, 0.29) is 18.2 Å². The molecule has 0 aliphatic carbocycles. The molecule has 0 spiro atoms. The maximum atomic E-state index is 12.0. The number of hydrogen-bond donors (Lipinski definition) is 2. The smallest absolute Gasteiger partial charge is 0.315 e. The van der Waals surface area contributed by atoms with E-state index in [1.54, 1.807) is 11.7 Å². The highest BCUT2D eigenvalue weighted by Crippen LogP contribution is 2.28. The van der Waals surface area contributed by atoms with Gasteiger partial charge in [0.15, 0.2) is 0 Å². The van der Waals surface area contributed by atoms with Gasteiger partial charge in [0.1, 0.15) is 11.9 Å². The Morgan fingerprint density at radius 1 is 1.55 bits per heavy atom. The van der Waals surface area contributed by atoms with Gasteiger partial charge in [-0.05, 0) is 13.3 Å². The van der Waals surface area contributed by atoms with Crippen molar-refractivity contribution in [2.75, 3.05) is 6.61 Å². The Morgan fingerprint density at radius 3 is 3.23 bits per heavy atom. The van der Waals surface area contributed by atoms with Crippen molar-refractivity contribution in [3.05, 3.63) is 34.8 Å². The van der Waals surface area contributed by atoms with Gasteiger partial charge in [-0.15, -0.1) is 11.3 Å². The van der Waals surface area contributed by atoms with Gasteiger partial charge in [-0.3, -0.25) is 0 Å². The second-order valence-corrected chi connectivity index (χ2v) is 5.78. The lowest BCUT2D eigenvalue weighted by atomic mass is 10.1. The Morgan fingerprint density at radius 2 is 2.45 bits per heavy atom. The number of thiazole rings is 1. The monoisotopic (exact) mass is 321 g/mol. The van der Waals surface area contributed by atoms with E-state index in [1.807, 2.05) is 16.1 Å². The number of carbonyl (C=O) groups is 1. The Kier molecular flexibility index (Phi) is 4.69. The number of carbonyl (C=O) groups excluding carboxylic acids is 1. The highest BCUT2D eigenvalue weighted by atomic mass is 32.1. The summed E-state index contributed by atoms with van der Waals surface area (Å²) in [7, 11) is 0. The van der Waals surface area contributed by atoms with E-state index in [4.69, 9.17) is 4.74 Å². The third kappa shape index (κ3) is 3.28. The van der Waals surface area contributed by atoms with Crippen LogP contribution in [0.1, 0.15) is 31.0 Å². The van der Waals surface area contributed by atoms with Gasteiger partial charge in [0.05, 0.1) is 23.8 Å². The number of ether oxygens (including phenoxy) is 1. The van der Waals surface area contributed by atoms with Gasteiger partial charge in [0, 0.05) is 30.9 Å². The van der Waals surface area contributed by atoms with Crippen LogP contribution in [0.5, 0.6) is 0 Å². The molecule has 118 valence electrons. The molecule has 0 radical (unpaired) electrons. The standard InChI is InChI=1S/C14H19N5O2S/c1-2-19-5-4-15-13(19)12-11(3-6-21-12)18-14(20)16-7-10-8-22-9-17-10/h4-5,8-9,11-12H,2-3,6-7H2,1H3,(H2,16,18,20)/t11-,12-/m0/s1. The molecule has 2 atom stereocenters. The molecule has 3 heterocycles. The molecule has 0 bridgehead atoms. The fourth-order valence-electron chi connectivity index (χ4n) is 2.55. The van der Waals surface area contributed by atoms with Gasteiger partial charge in [-0.2, -0.15) is 0 Å². The maximum Gasteiger partial charge on any atom is 0.315 e. The highest BCUT2D eigenvalue weighted by molar-refractivity contribution is 7.07. The van der Waals surface area contributed by atoms with Crippen LogP contribution in [-0.4, -0.2) is 33.2 Å².